The van der Waals surface area contributed by atoms with Gasteiger partial charge in [0.1, 0.15) is 5.75 Å². The summed E-state index contributed by atoms with van der Waals surface area (Å²) < 4.78 is 5.57. The van der Waals surface area contributed by atoms with Gasteiger partial charge in [-0.1, -0.05) is 6.92 Å². The third-order valence-electron chi connectivity index (χ3n) is 3.14. The summed E-state index contributed by atoms with van der Waals surface area (Å²) in [5.41, 5.74) is 2.36. The summed E-state index contributed by atoms with van der Waals surface area (Å²) in [5.74, 6) is 1.09. The molecule has 17 heavy (non-hydrogen) atoms. The van der Waals surface area contributed by atoms with E-state index in [-0.39, 0.29) is 5.92 Å². The first-order valence-electron chi connectivity index (χ1n) is 6.22. The summed E-state index contributed by atoms with van der Waals surface area (Å²) >= 11 is 0. The van der Waals surface area contributed by atoms with Crippen LogP contribution in [0.5, 0.6) is 5.75 Å². The predicted molar refractivity (Wildman–Crippen MR) is 68.1 cm³/mol. The van der Waals surface area contributed by atoms with E-state index in [0.717, 1.165) is 37.3 Å². The zero-order valence-electron chi connectivity index (χ0n) is 10.2. The second kappa shape index (κ2) is 5.58. The van der Waals surface area contributed by atoms with Gasteiger partial charge >= 0.3 is 0 Å². The van der Waals surface area contributed by atoms with Crippen molar-refractivity contribution in [2.24, 2.45) is 5.92 Å². The lowest BCUT2D eigenvalue weighted by Gasteiger charge is -2.18. The highest BCUT2D eigenvalue weighted by atomic mass is 16.5. The van der Waals surface area contributed by atoms with Crippen LogP contribution < -0.4 is 10.1 Å². The second-order valence-corrected chi connectivity index (χ2v) is 4.39. The smallest absolute Gasteiger partial charge is 0.122 e. The Bertz CT molecular complexity index is 423. The Morgan fingerprint density at radius 3 is 3.18 bits per heavy atom. The molecule has 90 valence electrons. The normalized spacial score (nSPS) is 15.3. The molecule has 1 N–H and O–H groups in total. The molecular weight excluding hydrogens is 212 g/mol. The SMILES string of the molecule is CCC(C#N)CNc1ccc2c(c1)CCCO2. The molecule has 0 saturated carbocycles. The van der Waals surface area contributed by atoms with E-state index in [1.54, 1.807) is 0 Å². The van der Waals surface area contributed by atoms with Crippen LogP contribution in [0, 0.1) is 17.2 Å². The summed E-state index contributed by atoms with van der Waals surface area (Å²) in [6, 6.07) is 8.47. The molecule has 0 aromatic heterocycles. The minimum absolute atomic E-state index is 0.0854. The van der Waals surface area contributed by atoms with Gasteiger partial charge in [0.15, 0.2) is 0 Å². The van der Waals surface area contributed by atoms with E-state index >= 15 is 0 Å². The quantitative estimate of drug-likeness (QED) is 0.864. The summed E-state index contributed by atoms with van der Waals surface area (Å²) in [7, 11) is 0. The van der Waals surface area contributed by atoms with Crippen LogP contribution in [0.3, 0.4) is 0 Å². The van der Waals surface area contributed by atoms with Crippen molar-refractivity contribution in [2.45, 2.75) is 26.2 Å². The highest BCUT2D eigenvalue weighted by molar-refractivity contribution is 5.51. The van der Waals surface area contributed by atoms with Gasteiger partial charge in [-0.05, 0) is 43.0 Å². The highest BCUT2D eigenvalue weighted by Crippen LogP contribution is 2.27. The van der Waals surface area contributed by atoms with Crippen LogP contribution >= 0.6 is 0 Å². The van der Waals surface area contributed by atoms with E-state index in [1.807, 2.05) is 19.1 Å². The van der Waals surface area contributed by atoms with Gasteiger partial charge in [0.2, 0.25) is 0 Å². The number of hydrogen-bond donors (Lipinski definition) is 1. The number of fused-ring (bicyclic) bond motifs is 1. The maximum atomic E-state index is 8.89. The number of anilines is 1. The van der Waals surface area contributed by atoms with Crippen molar-refractivity contribution in [2.75, 3.05) is 18.5 Å². The summed E-state index contributed by atoms with van der Waals surface area (Å²) in [6.45, 7) is 3.58. The van der Waals surface area contributed by atoms with Crippen molar-refractivity contribution in [1.29, 1.82) is 5.26 Å². The van der Waals surface area contributed by atoms with Crippen molar-refractivity contribution in [3.63, 3.8) is 0 Å². The molecule has 1 atom stereocenters. The fraction of sp³-hybridized carbons (Fsp3) is 0.500. The van der Waals surface area contributed by atoms with E-state index in [2.05, 4.69) is 17.5 Å². The molecule has 0 fully saturated rings. The Morgan fingerprint density at radius 2 is 2.41 bits per heavy atom. The van der Waals surface area contributed by atoms with Crippen molar-refractivity contribution < 1.29 is 4.74 Å². The standard InChI is InChI=1S/C14H18N2O/c1-2-11(9-15)10-16-13-5-6-14-12(8-13)4-3-7-17-14/h5-6,8,11,16H,2-4,7,10H2,1H3. The lowest BCUT2D eigenvalue weighted by atomic mass is 10.1. The Balaban J connectivity index is 2.00. The minimum Gasteiger partial charge on any atom is -0.493 e. The highest BCUT2D eigenvalue weighted by Gasteiger charge is 2.11. The maximum absolute atomic E-state index is 8.89. The molecule has 2 rings (SSSR count). The lowest BCUT2D eigenvalue weighted by Crippen LogP contribution is -2.13. The molecule has 1 aromatic rings. The predicted octanol–water partition coefficient (Wildman–Crippen LogP) is 2.97. The van der Waals surface area contributed by atoms with Crippen molar-refractivity contribution in [3.05, 3.63) is 23.8 Å². The fourth-order valence-electron chi connectivity index (χ4n) is 1.99. The van der Waals surface area contributed by atoms with Gasteiger partial charge in [0.05, 0.1) is 18.6 Å². The monoisotopic (exact) mass is 230 g/mol. The van der Waals surface area contributed by atoms with Crippen LogP contribution in [0.2, 0.25) is 0 Å². The third-order valence-corrected chi connectivity index (χ3v) is 3.14. The second-order valence-electron chi connectivity index (χ2n) is 4.39. The molecule has 3 nitrogen and oxygen atoms in total. The largest absolute Gasteiger partial charge is 0.493 e. The Morgan fingerprint density at radius 1 is 1.53 bits per heavy atom. The molecule has 0 amide bonds. The van der Waals surface area contributed by atoms with Gasteiger partial charge < -0.3 is 10.1 Å². The van der Waals surface area contributed by atoms with E-state index in [9.17, 15) is 0 Å². The van der Waals surface area contributed by atoms with Crippen LogP contribution in [-0.4, -0.2) is 13.2 Å². The molecule has 0 radical (unpaired) electrons. The minimum atomic E-state index is 0.0854. The van der Waals surface area contributed by atoms with E-state index in [0.29, 0.717) is 6.54 Å². The lowest BCUT2D eigenvalue weighted by molar-refractivity contribution is 0.288. The van der Waals surface area contributed by atoms with E-state index in [1.165, 1.54) is 5.56 Å². The van der Waals surface area contributed by atoms with Crippen LogP contribution in [0.25, 0.3) is 0 Å². The molecular formula is C14H18N2O. The topological polar surface area (TPSA) is 45.0 Å². The van der Waals surface area contributed by atoms with Gasteiger partial charge in [0, 0.05) is 12.2 Å². The van der Waals surface area contributed by atoms with Crippen LogP contribution in [0.15, 0.2) is 18.2 Å². The van der Waals surface area contributed by atoms with Crippen LogP contribution in [-0.2, 0) is 6.42 Å². The molecule has 0 spiro atoms. The number of hydrogen-bond acceptors (Lipinski definition) is 3. The van der Waals surface area contributed by atoms with Crippen molar-refractivity contribution in [1.82, 2.24) is 0 Å². The molecule has 1 unspecified atom stereocenters. The molecule has 0 bridgehead atoms. The first-order valence-corrected chi connectivity index (χ1v) is 6.22. The number of nitriles is 1. The maximum Gasteiger partial charge on any atom is 0.122 e. The number of nitrogens with zero attached hydrogens (tertiary/aromatic N) is 1. The van der Waals surface area contributed by atoms with Crippen molar-refractivity contribution in [3.8, 4) is 11.8 Å². The molecule has 1 aliphatic heterocycles. The molecule has 1 aromatic carbocycles. The van der Waals surface area contributed by atoms with Gasteiger partial charge in [0.25, 0.3) is 0 Å². The van der Waals surface area contributed by atoms with Gasteiger partial charge in [-0.25, -0.2) is 0 Å². The average Bonchev–Trinajstić information content (AvgIpc) is 2.40. The van der Waals surface area contributed by atoms with E-state index in [4.69, 9.17) is 10.00 Å². The van der Waals surface area contributed by atoms with Gasteiger partial charge in [-0.3, -0.25) is 0 Å². The number of aryl methyl sites for hydroxylation is 1. The van der Waals surface area contributed by atoms with Crippen LogP contribution in [0.4, 0.5) is 5.69 Å². The molecule has 1 heterocycles. The zero-order chi connectivity index (χ0) is 12.1. The van der Waals surface area contributed by atoms with Gasteiger partial charge in [-0.2, -0.15) is 5.26 Å². The molecule has 0 saturated heterocycles. The molecule has 0 aliphatic carbocycles. The van der Waals surface area contributed by atoms with E-state index < -0.39 is 0 Å². The molecule has 3 heteroatoms. The van der Waals surface area contributed by atoms with Crippen LogP contribution in [0.1, 0.15) is 25.3 Å². The molecule has 1 aliphatic rings. The number of benzene rings is 1. The fourth-order valence-corrected chi connectivity index (χ4v) is 1.99. The number of ether oxygens (including phenoxy) is 1. The van der Waals surface area contributed by atoms with Gasteiger partial charge in [-0.15, -0.1) is 0 Å². The average molecular weight is 230 g/mol. The third kappa shape index (κ3) is 2.91. The first kappa shape index (κ1) is 11.8. The van der Waals surface area contributed by atoms with Crippen molar-refractivity contribution >= 4 is 5.69 Å². The summed E-state index contributed by atoms with van der Waals surface area (Å²) in [4.78, 5) is 0. The zero-order valence-corrected chi connectivity index (χ0v) is 10.2. The number of rotatable bonds is 4. The summed E-state index contributed by atoms with van der Waals surface area (Å²) in [5, 5.41) is 12.2. The summed E-state index contributed by atoms with van der Waals surface area (Å²) in [6.07, 6.45) is 3.06. The number of nitrogens with one attached hydrogen (secondary N) is 1. The Labute approximate surface area is 102 Å². The Kier molecular flexibility index (Phi) is 3.87. The Hall–Kier alpha value is -1.69. The first-order chi connectivity index (χ1) is 8.33.